The fourth-order valence-electron chi connectivity index (χ4n) is 13.0. The maximum Gasteiger partial charge on any atom is 0.376 e. The van der Waals surface area contributed by atoms with Crippen LogP contribution in [0.2, 0.25) is 0 Å². The first-order valence-corrected chi connectivity index (χ1v) is 23.2. The Morgan fingerprint density at radius 1 is 0.460 bits per heavy atom. The molecule has 0 radical (unpaired) electrons. The van der Waals surface area contributed by atoms with Crippen molar-refractivity contribution in [1.29, 1.82) is 0 Å². The van der Waals surface area contributed by atoms with Crippen molar-refractivity contribution in [1.82, 2.24) is 4.48 Å². The Bertz CT molecular complexity index is 3720. The molecule has 4 nitrogen and oxygen atoms in total. The summed E-state index contributed by atoms with van der Waals surface area (Å²) in [5.41, 5.74) is 19.3. The maximum atomic E-state index is 7.66. The summed E-state index contributed by atoms with van der Waals surface area (Å²) in [6.45, 7) is 19.2. The summed E-state index contributed by atoms with van der Waals surface area (Å²) >= 11 is 0. The van der Waals surface area contributed by atoms with Gasteiger partial charge in [-0.3, -0.25) is 0 Å². The van der Waals surface area contributed by atoms with E-state index in [-0.39, 0.29) is 28.5 Å². The fraction of sp³-hybridized carbons (Fsp3) is 0.276. The minimum Gasteiger partial charge on any atom is -0.466 e. The number of rotatable bonds is 1. The van der Waals surface area contributed by atoms with E-state index in [1.807, 2.05) is 0 Å². The molecule has 63 heavy (non-hydrogen) atoms. The number of aromatic nitrogens is 1. The van der Waals surface area contributed by atoms with Crippen LogP contribution in [0.5, 0.6) is 0 Å². The molecule has 5 heteroatoms. The highest BCUT2D eigenvalue weighted by atomic mass is 16.3. The predicted molar refractivity (Wildman–Crippen MR) is 265 cm³/mol. The lowest BCUT2D eigenvalue weighted by atomic mass is 9.47. The van der Waals surface area contributed by atoms with Gasteiger partial charge < -0.3 is 18.2 Å². The van der Waals surface area contributed by atoms with Gasteiger partial charge in [-0.15, -0.1) is 0 Å². The van der Waals surface area contributed by atoms with E-state index in [9.17, 15) is 0 Å². The predicted octanol–water partition coefficient (Wildman–Crippen LogP) is 14.7. The third-order valence-electron chi connectivity index (χ3n) is 16.7. The number of hydrogen-bond donors (Lipinski definition) is 0. The first kappa shape index (κ1) is 36.3. The third-order valence-corrected chi connectivity index (χ3v) is 16.7. The Balaban J connectivity index is 1.21. The summed E-state index contributed by atoms with van der Waals surface area (Å²) in [6.07, 6.45) is 4.60. The van der Waals surface area contributed by atoms with Crippen LogP contribution >= 0.6 is 0 Å². The second kappa shape index (κ2) is 11.5. The van der Waals surface area contributed by atoms with Gasteiger partial charge in [0.25, 0.3) is 0 Å². The SMILES string of the molecule is CC1(C)CCC(C)(C)c2cc(N3c4c(oc5cc6c(cc45)C(C)(C)CCC6(C)C)B4c5c(cc6c(oc7ccccc76)c53)-c3cccc5c6ccc7ccccc7c6n4c35)ccc21. The van der Waals surface area contributed by atoms with Crippen molar-refractivity contribution in [3.8, 4) is 11.1 Å². The molecule has 5 heterocycles. The molecular weight excluding hydrogens is 767 g/mol. The van der Waals surface area contributed by atoms with E-state index < -0.39 is 0 Å². The Hall–Kier alpha value is -6.20. The summed E-state index contributed by atoms with van der Waals surface area (Å²) < 4.78 is 17.6. The van der Waals surface area contributed by atoms with Crippen molar-refractivity contribution in [2.75, 3.05) is 4.90 Å². The van der Waals surface area contributed by atoms with Crippen LogP contribution in [0, 0.1) is 0 Å². The van der Waals surface area contributed by atoms with Crippen molar-refractivity contribution < 1.29 is 8.83 Å². The van der Waals surface area contributed by atoms with E-state index in [0.717, 1.165) is 69.5 Å². The molecule has 0 spiro atoms. The normalized spacial score (nSPS) is 18.7. The average Bonchev–Trinajstić information content (AvgIpc) is 3.95. The molecule has 10 aromatic rings. The summed E-state index contributed by atoms with van der Waals surface area (Å²) in [5.74, 6) is 0. The van der Waals surface area contributed by atoms with Crippen LogP contribution in [0.15, 0.2) is 124 Å². The highest BCUT2D eigenvalue weighted by molar-refractivity contribution is 6.90. The fourth-order valence-corrected chi connectivity index (χ4v) is 13.0. The van der Waals surface area contributed by atoms with Gasteiger partial charge in [-0.05, 0) is 122 Å². The minimum absolute atomic E-state index is 0.0205. The van der Waals surface area contributed by atoms with Gasteiger partial charge in [-0.2, -0.15) is 0 Å². The van der Waals surface area contributed by atoms with Crippen molar-refractivity contribution >= 4 is 101 Å². The lowest BCUT2D eigenvalue weighted by molar-refractivity contribution is 0.332. The first-order valence-electron chi connectivity index (χ1n) is 23.2. The molecule has 7 aromatic carbocycles. The molecule has 0 N–H and O–H groups in total. The molecule has 2 aliphatic heterocycles. The van der Waals surface area contributed by atoms with E-state index in [0.29, 0.717) is 0 Å². The lowest BCUT2D eigenvalue weighted by Crippen LogP contribution is -2.56. The number of fused-ring (bicyclic) bond motifs is 17. The molecule has 308 valence electrons. The summed E-state index contributed by atoms with van der Waals surface area (Å²) in [7, 11) is 0. The standard InChI is InChI=1S/C58H51BN2O2/c1-55(2)24-25-56(3,4)43-28-33(21-23-42(43)55)60-51-41-30-44-45(58(7,8)27-26-57(44,5)6)31-47(41)63-54(51)59-48-39(29-40-35-16-11-12-19-46(35)62-53(40)52(48)60)37-18-13-17-36-38-22-20-32-14-9-10-15-34(32)49(38)61(59)50(36)37/h9-23,28-31H,24-27H2,1-8H3. The molecular formula is C58H51BN2O2. The zero-order valence-corrected chi connectivity index (χ0v) is 37.6. The van der Waals surface area contributed by atoms with Gasteiger partial charge in [0, 0.05) is 54.6 Å². The van der Waals surface area contributed by atoms with Gasteiger partial charge >= 0.3 is 6.85 Å². The zero-order chi connectivity index (χ0) is 42.7. The molecule has 14 rings (SSSR count). The number of hydrogen-bond acceptors (Lipinski definition) is 3. The molecule has 0 saturated heterocycles. The molecule has 0 fully saturated rings. The molecule has 0 bridgehead atoms. The van der Waals surface area contributed by atoms with Gasteiger partial charge in [-0.25, -0.2) is 0 Å². The van der Waals surface area contributed by atoms with E-state index in [1.54, 1.807) is 0 Å². The molecule has 0 atom stereocenters. The van der Waals surface area contributed by atoms with Gasteiger partial charge in [0.15, 0.2) is 5.58 Å². The largest absolute Gasteiger partial charge is 0.466 e. The molecule has 0 amide bonds. The van der Waals surface area contributed by atoms with Crippen LogP contribution in [0.4, 0.5) is 17.1 Å². The molecule has 0 saturated carbocycles. The van der Waals surface area contributed by atoms with E-state index in [4.69, 9.17) is 8.83 Å². The highest BCUT2D eigenvalue weighted by Crippen LogP contribution is 2.55. The quantitative estimate of drug-likeness (QED) is 0.155. The minimum atomic E-state index is -0.252. The van der Waals surface area contributed by atoms with Crippen molar-refractivity contribution in [3.05, 3.63) is 138 Å². The van der Waals surface area contributed by atoms with Crippen LogP contribution in [0.3, 0.4) is 0 Å². The zero-order valence-electron chi connectivity index (χ0n) is 37.6. The molecule has 0 unspecified atom stereocenters. The third kappa shape index (κ3) is 4.48. The van der Waals surface area contributed by atoms with E-state index >= 15 is 0 Å². The van der Waals surface area contributed by atoms with Crippen molar-refractivity contribution in [2.24, 2.45) is 0 Å². The summed E-state index contributed by atoms with van der Waals surface area (Å²) in [6, 6.07) is 43.9. The van der Waals surface area contributed by atoms with Crippen LogP contribution in [-0.4, -0.2) is 11.3 Å². The Kier molecular flexibility index (Phi) is 6.62. The van der Waals surface area contributed by atoms with Gasteiger partial charge in [0.05, 0.1) is 11.4 Å². The monoisotopic (exact) mass is 818 g/mol. The van der Waals surface area contributed by atoms with Gasteiger partial charge in [0.2, 0.25) is 0 Å². The van der Waals surface area contributed by atoms with E-state index in [2.05, 4.69) is 180 Å². The lowest BCUT2D eigenvalue weighted by Gasteiger charge is -2.43. The summed E-state index contributed by atoms with van der Waals surface area (Å²) in [4.78, 5) is 2.58. The van der Waals surface area contributed by atoms with Crippen molar-refractivity contribution in [3.63, 3.8) is 0 Å². The summed E-state index contributed by atoms with van der Waals surface area (Å²) in [5, 5.41) is 8.49. The Labute approximate surface area is 368 Å². The number of nitrogens with zero attached hydrogens (tertiary/aromatic N) is 2. The van der Waals surface area contributed by atoms with E-state index in [1.165, 1.54) is 83.2 Å². The number of anilines is 3. The topological polar surface area (TPSA) is 34.5 Å². The smallest absolute Gasteiger partial charge is 0.376 e. The van der Waals surface area contributed by atoms with Crippen LogP contribution in [-0.2, 0) is 21.7 Å². The first-order chi connectivity index (χ1) is 30.2. The van der Waals surface area contributed by atoms with Gasteiger partial charge in [0.1, 0.15) is 16.8 Å². The number of furan rings is 2. The maximum absolute atomic E-state index is 7.66. The van der Waals surface area contributed by atoms with Crippen molar-refractivity contribution in [2.45, 2.75) is 103 Å². The Morgan fingerprint density at radius 2 is 1.11 bits per heavy atom. The molecule has 4 aliphatic rings. The molecule has 3 aromatic heterocycles. The second-order valence-corrected chi connectivity index (χ2v) is 22.1. The van der Waals surface area contributed by atoms with Crippen LogP contribution < -0.4 is 16.0 Å². The second-order valence-electron chi connectivity index (χ2n) is 22.1. The average molecular weight is 819 g/mol. The van der Waals surface area contributed by atoms with Crippen LogP contribution in [0.1, 0.15) is 103 Å². The highest BCUT2D eigenvalue weighted by Gasteiger charge is 2.49. The van der Waals surface area contributed by atoms with Crippen LogP contribution in [0.25, 0.3) is 76.6 Å². The molecule has 2 aliphatic carbocycles. The van der Waals surface area contributed by atoms with Gasteiger partial charge in [-0.1, -0.05) is 134 Å². The number of para-hydroxylation sites is 2. The Morgan fingerprint density at radius 3 is 1.89 bits per heavy atom. The number of benzene rings is 7.